The van der Waals surface area contributed by atoms with Crippen molar-refractivity contribution in [2.24, 2.45) is 46.3 Å². The lowest BCUT2D eigenvalue weighted by molar-refractivity contribution is -0.145. The van der Waals surface area contributed by atoms with Crippen molar-refractivity contribution in [3.63, 3.8) is 0 Å². The normalized spacial score (nSPS) is 37.3. The molecule has 1 aromatic rings. The first-order chi connectivity index (χ1) is 18.2. The molecule has 0 N–H and O–H groups in total. The highest BCUT2D eigenvalue weighted by molar-refractivity contribution is 5.87. The highest BCUT2D eigenvalue weighted by Crippen LogP contribution is 2.67. The fourth-order valence-electron chi connectivity index (χ4n) is 9.68. The van der Waals surface area contributed by atoms with Gasteiger partial charge in [-0.3, -0.25) is 0 Å². The summed E-state index contributed by atoms with van der Waals surface area (Å²) in [6, 6.07) is 9.99. The SMILES string of the molecule is CC(C)CCCC(C)C1CCC2C3CC=C4CC(OC(=O)/C=C/c5ccccc5)CCC4(C)C3CCC12C. The van der Waals surface area contributed by atoms with Crippen LogP contribution in [0.15, 0.2) is 48.1 Å². The summed E-state index contributed by atoms with van der Waals surface area (Å²) in [7, 11) is 0. The number of esters is 1. The molecule has 0 amide bonds. The third-order valence-electron chi connectivity index (χ3n) is 11.8. The molecular weight excluding hydrogens is 464 g/mol. The fraction of sp³-hybridized carbons (Fsp3) is 0.694. The van der Waals surface area contributed by atoms with Gasteiger partial charge in [0.15, 0.2) is 0 Å². The zero-order chi connectivity index (χ0) is 26.9. The van der Waals surface area contributed by atoms with Crippen molar-refractivity contribution < 1.29 is 9.53 Å². The summed E-state index contributed by atoms with van der Waals surface area (Å²) >= 11 is 0. The molecule has 2 nitrogen and oxygen atoms in total. The first-order valence-corrected chi connectivity index (χ1v) is 15.8. The molecule has 3 saturated carbocycles. The van der Waals surface area contributed by atoms with E-state index in [9.17, 15) is 4.79 Å². The second-order valence-electron chi connectivity index (χ2n) is 14.3. The highest BCUT2D eigenvalue weighted by atomic mass is 16.5. The van der Waals surface area contributed by atoms with E-state index in [0.717, 1.165) is 53.9 Å². The Kier molecular flexibility index (Phi) is 8.28. The van der Waals surface area contributed by atoms with E-state index in [1.165, 1.54) is 57.8 Å². The van der Waals surface area contributed by atoms with Crippen LogP contribution in [0.4, 0.5) is 0 Å². The lowest BCUT2D eigenvalue weighted by atomic mass is 9.47. The van der Waals surface area contributed by atoms with Crippen LogP contribution < -0.4 is 0 Å². The quantitative estimate of drug-likeness (QED) is 0.195. The smallest absolute Gasteiger partial charge is 0.331 e. The summed E-state index contributed by atoms with van der Waals surface area (Å²) in [6.07, 6.45) is 20.3. The summed E-state index contributed by atoms with van der Waals surface area (Å²) < 4.78 is 5.95. The third-order valence-corrected chi connectivity index (χ3v) is 11.8. The molecule has 0 saturated heterocycles. The van der Waals surface area contributed by atoms with Crippen LogP contribution in [0.3, 0.4) is 0 Å². The first-order valence-electron chi connectivity index (χ1n) is 15.8. The highest BCUT2D eigenvalue weighted by Gasteiger charge is 2.59. The van der Waals surface area contributed by atoms with Crippen molar-refractivity contribution in [2.45, 2.75) is 111 Å². The maximum Gasteiger partial charge on any atom is 0.331 e. The largest absolute Gasteiger partial charge is 0.459 e. The van der Waals surface area contributed by atoms with Gasteiger partial charge in [-0.05, 0) is 103 Å². The summed E-state index contributed by atoms with van der Waals surface area (Å²) in [6.45, 7) is 12.6. The summed E-state index contributed by atoms with van der Waals surface area (Å²) in [5.41, 5.74) is 3.46. The van der Waals surface area contributed by atoms with Crippen LogP contribution in [0.1, 0.15) is 111 Å². The maximum absolute atomic E-state index is 12.6. The molecule has 8 unspecified atom stereocenters. The Labute approximate surface area is 232 Å². The number of carbonyl (C=O) groups excluding carboxylic acids is 1. The molecule has 0 spiro atoms. The zero-order valence-corrected chi connectivity index (χ0v) is 24.8. The van der Waals surface area contributed by atoms with Gasteiger partial charge >= 0.3 is 5.97 Å². The van der Waals surface area contributed by atoms with Gasteiger partial charge in [-0.25, -0.2) is 4.79 Å². The molecule has 208 valence electrons. The third kappa shape index (κ3) is 5.44. The predicted molar refractivity (Wildman–Crippen MR) is 158 cm³/mol. The van der Waals surface area contributed by atoms with Gasteiger partial charge < -0.3 is 4.74 Å². The first kappa shape index (κ1) is 27.7. The molecule has 0 aromatic heterocycles. The molecule has 3 fully saturated rings. The number of rotatable bonds is 8. The molecule has 0 aliphatic heterocycles. The average Bonchev–Trinajstić information content (AvgIpc) is 3.25. The summed E-state index contributed by atoms with van der Waals surface area (Å²) in [5, 5.41) is 0. The molecule has 4 aliphatic rings. The van der Waals surface area contributed by atoms with Crippen LogP contribution in [0.5, 0.6) is 0 Å². The minimum absolute atomic E-state index is 0.0233. The summed E-state index contributed by atoms with van der Waals surface area (Å²) in [4.78, 5) is 12.6. The fourth-order valence-corrected chi connectivity index (χ4v) is 9.68. The molecule has 38 heavy (non-hydrogen) atoms. The standard InChI is InChI=1S/C36H52O2/c1-25(2)10-9-11-26(3)31-17-18-32-30-16-15-28-24-29(38-34(37)19-14-27-12-7-6-8-13-27)20-22-35(28,4)33(30)21-23-36(31,32)5/h6-8,12-15,19,25-26,29-33H,9-11,16-18,20-24H2,1-5H3/b19-14+. The van der Waals surface area contributed by atoms with Crippen molar-refractivity contribution in [3.05, 3.63) is 53.6 Å². The van der Waals surface area contributed by atoms with Crippen molar-refractivity contribution >= 4 is 12.0 Å². The number of hydrogen-bond donors (Lipinski definition) is 0. The van der Waals surface area contributed by atoms with E-state index >= 15 is 0 Å². The molecule has 0 bridgehead atoms. The molecule has 0 radical (unpaired) electrons. The Morgan fingerprint density at radius 1 is 1.00 bits per heavy atom. The minimum atomic E-state index is -0.204. The number of allylic oxidation sites excluding steroid dienone is 1. The Morgan fingerprint density at radius 3 is 2.55 bits per heavy atom. The van der Waals surface area contributed by atoms with Crippen LogP contribution >= 0.6 is 0 Å². The number of carbonyl (C=O) groups is 1. The molecule has 4 aliphatic carbocycles. The van der Waals surface area contributed by atoms with Gasteiger partial charge in [-0.1, -0.05) is 95.9 Å². The van der Waals surface area contributed by atoms with E-state index < -0.39 is 0 Å². The predicted octanol–water partition coefficient (Wildman–Crippen LogP) is 9.65. The van der Waals surface area contributed by atoms with Crippen LogP contribution in [0.2, 0.25) is 0 Å². The lowest BCUT2D eigenvalue weighted by Gasteiger charge is -2.58. The molecule has 8 atom stereocenters. The lowest BCUT2D eigenvalue weighted by Crippen LogP contribution is -2.51. The number of ether oxygens (including phenoxy) is 1. The van der Waals surface area contributed by atoms with E-state index in [0.29, 0.717) is 10.8 Å². The van der Waals surface area contributed by atoms with Crippen LogP contribution in [0, 0.1) is 46.3 Å². The minimum Gasteiger partial charge on any atom is -0.459 e. The Balaban J connectivity index is 1.22. The van der Waals surface area contributed by atoms with Gasteiger partial charge in [0.05, 0.1) is 0 Å². The number of benzene rings is 1. The van der Waals surface area contributed by atoms with Gasteiger partial charge in [0.1, 0.15) is 6.10 Å². The average molecular weight is 517 g/mol. The molecule has 0 heterocycles. The monoisotopic (exact) mass is 516 g/mol. The van der Waals surface area contributed by atoms with E-state index in [1.807, 2.05) is 36.4 Å². The number of fused-ring (bicyclic) bond motifs is 5. The van der Waals surface area contributed by atoms with Gasteiger partial charge in [0.25, 0.3) is 0 Å². The molecule has 2 heteroatoms. The van der Waals surface area contributed by atoms with Crippen LogP contribution in [-0.2, 0) is 9.53 Å². The van der Waals surface area contributed by atoms with E-state index in [-0.39, 0.29) is 12.1 Å². The molecular formula is C36H52O2. The Morgan fingerprint density at radius 2 is 1.79 bits per heavy atom. The van der Waals surface area contributed by atoms with Crippen molar-refractivity contribution in [1.29, 1.82) is 0 Å². The summed E-state index contributed by atoms with van der Waals surface area (Å²) in [5.74, 6) is 4.97. The van der Waals surface area contributed by atoms with E-state index in [2.05, 4.69) is 40.7 Å². The number of hydrogen-bond acceptors (Lipinski definition) is 2. The zero-order valence-electron chi connectivity index (χ0n) is 24.8. The van der Waals surface area contributed by atoms with Gasteiger partial charge in [-0.2, -0.15) is 0 Å². The van der Waals surface area contributed by atoms with E-state index in [4.69, 9.17) is 4.74 Å². The van der Waals surface area contributed by atoms with Crippen LogP contribution in [0.25, 0.3) is 6.08 Å². The second kappa shape index (κ2) is 11.3. The van der Waals surface area contributed by atoms with Crippen molar-refractivity contribution in [3.8, 4) is 0 Å². The van der Waals surface area contributed by atoms with Crippen molar-refractivity contribution in [2.75, 3.05) is 0 Å². The topological polar surface area (TPSA) is 26.3 Å². The van der Waals surface area contributed by atoms with Gasteiger partial charge in [0.2, 0.25) is 0 Å². The maximum atomic E-state index is 12.6. The van der Waals surface area contributed by atoms with E-state index in [1.54, 1.807) is 11.6 Å². The van der Waals surface area contributed by atoms with Crippen LogP contribution in [-0.4, -0.2) is 12.1 Å². The van der Waals surface area contributed by atoms with Crippen molar-refractivity contribution in [1.82, 2.24) is 0 Å². The second-order valence-corrected chi connectivity index (χ2v) is 14.3. The van der Waals surface area contributed by atoms with Gasteiger partial charge in [0, 0.05) is 12.5 Å². The Hall–Kier alpha value is -1.83. The van der Waals surface area contributed by atoms with Gasteiger partial charge in [-0.15, -0.1) is 0 Å². The molecule has 5 rings (SSSR count). The molecule has 1 aromatic carbocycles. The Bertz CT molecular complexity index is 1020.